The second-order valence-corrected chi connectivity index (χ2v) is 8.44. The molecule has 0 saturated carbocycles. The molecule has 7 heteroatoms. The molecule has 4 rings (SSSR count). The zero-order valence-electron chi connectivity index (χ0n) is 18.2. The van der Waals surface area contributed by atoms with Crippen LogP contribution >= 0.6 is 11.8 Å². The van der Waals surface area contributed by atoms with Crippen LogP contribution in [0.2, 0.25) is 0 Å². The molecule has 1 N–H and O–H groups in total. The lowest BCUT2D eigenvalue weighted by Gasteiger charge is -2.13. The molecule has 0 aliphatic carbocycles. The van der Waals surface area contributed by atoms with Crippen LogP contribution in [-0.4, -0.2) is 27.1 Å². The molecule has 0 aliphatic heterocycles. The van der Waals surface area contributed by atoms with Crippen molar-refractivity contribution in [2.24, 2.45) is 0 Å². The average Bonchev–Trinajstić information content (AvgIpc) is 2.83. The van der Waals surface area contributed by atoms with Gasteiger partial charge in [0.2, 0.25) is 11.8 Å². The van der Waals surface area contributed by atoms with Crippen LogP contribution in [0.25, 0.3) is 16.6 Å². The van der Waals surface area contributed by atoms with Crippen molar-refractivity contribution >= 4 is 34.5 Å². The summed E-state index contributed by atoms with van der Waals surface area (Å²) in [6, 6.07) is 24.1. The normalized spacial score (nSPS) is 10.8. The molecule has 0 bridgehead atoms. The largest absolute Gasteiger partial charge is 0.295 e. The Balaban J connectivity index is 1.56. The SMILES string of the molecule is CCc1ccc(-n2c(SCC(=O)NC(=O)Cc3ccccc3)nc3ccccc3c2=O)cc1. The summed E-state index contributed by atoms with van der Waals surface area (Å²) in [6.07, 6.45) is 1.02. The summed E-state index contributed by atoms with van der Waals surface area (Å²) in [7, 11) is 0. The molecule has 1 heterocycles. The highest BCUT2D eigenvalue weighted by molar-refractivity contribution is 7.99. The Morgan fingerprint density at radius 3 is 2.30 bits per heavy atom. The number of amides is 2. The van der Waals surface area contributed by atoms with E-state index in [1.54, 1.807) is 18.2 Å². The highest BCUT2D eigenvalue weighted by Gasteiger charge is 2.16. The summed E-state index contributed by atoms with van der Waals surface area (Å²) in [4.78, 5) is 42.5. The summed E-state index contributed by atoms with van der Waals surface area (Å²) >= 11 is 1.12. The minimum absolute atomic E-state index is 0.0433. The quantitative estimate of drug-likeness (QED) is 0.336. The van der Waals surface area contributed by atoms with Gasteiger partial charge >= 0.3 is 0 Å². The van der Waals surface area contributed by atoms with Gasteiger partial charge in [-0.1, -0.05) is 73.3 Å². The lowest BCUT2D eigenvalue weighted by Crippen LogP contribution is -2.33. The number of nitrogens with one attached hydrogen (secondary N) is 1. The maximum absolute atomic E-state index is 13.3. The molecule has 0 atom stereocenters. The maximum atomic E-state index is 13.3. The third-order valence-electron chi connectivity index (χ3n) is 5.17. The second-order valence-electron chi connectivity index (χ2n) is 7.49. The number of hydrogen-bond acceptors (Lipinski definition) is 5. The second kappa shape index (κ2) is 10.3. The predicted molar refractivity (Wildman–Crippen MR) is 131 cm³/mol. The van der Waals surface area contributed by atoms with E-state index >= 15 is 0 Å². The van der Waals surface area contributed by atoms with Gasteiger partial charge in [-0.25, -0.2) is 4.98 Å². The molecule has 0 spiro atoms. The van der Waals surface area contributed by atoms with Crippen molar-refractivity contribution in [3.05, 3.63) is 100 Å². The number of carbonyl (C=O) groups excluding carboxylic acids is 2. The Kier molecular flexibility index (Phi) is 7.00. The number of nitrogens with zero attached hydrogens (tertiary/aromatic N) is 2. The highest BCUT2D eigenvalue weighted by atomic mass is 32.2. The minimum atomic E-state index is -0.434. The maximum Gasteiger partial charge on any atom is 0.266 e. The third kappa shape index (κ3) is 5.38. The highest BCUT2D eigenvalue weighted by Crippen LogP contribution is 2.21. The zero-order chi connectivity index (χ0) is 23.2. The molecule has 0 fully saturated rings. The topological polar surface area (TPSA) is 81.1 Å². The number of hydrogen-bond donors (Lipinski definition) is 1. The molecule has 166 valence electrons. The van der Waals surface area contributed by atoms with E-state index in [0.29, 0.717) is 21.7 Å². The van der Waals surface area contributed by atoms with Crippen LogP contribution in [0.5, 0.6) is 0 Å². The smallest absolute Gasteiger partial charge is 0.266 e. The van der Waals surface area contributed by atoms with Gasteiger partial charge < -0.3 is 0 Å². The van der Waals surface area contributed by atoms with Gasteiger partial charge in [-0.05, 0) is 41.8 Å². The van der Waals surface area contributed by atoms with Crippen molar-refractivity contribution in [2.75, 3.05) is 5.75 Å². The van der Waals surface area contributed by atoms with Gasteiger partial charge in [0.25, 0.3) is 5.56 Å². The number of thioether (sulfide) groups is 1. The van der Waals surface area contributed by atoms with Gasteiger partial charge in [-0.15, -0.1) is 0 Å². The average molecular weight is 458 g/mol. The van der Waals surface area contributed by atoms with Gasteiger partial charge in [0.15, 0.2) is 5.16 Å². The molecular weight excluding hydrogens is 434 g/mol. The summed E-state index contributed by atoms with van der Waals surface area (Å²) < 4.78 is 1.52. The van der Waals surface area contributed by atoms with Gasteiger partial charge in [-0.3, -0.25) is 24.3 Å². The number of para-hydroxylation sites is 1. The van der Waals surface area contributed by atoms with Crippen molar-refractivity contribution in [1.82, 2.24) is 14.9 Å². The fraction of sp³-hybridized carbons (Fsp3) is 0.154. The standard InChI is InChI=1S/C26H23N3O3S/c1-2-18-12-14-20(15-13-18)29-25(32)21-10-6-7-11-22(21)27-26(29)33-17-24(31)28-23(30)16-19-8-4-3-5-9-19/h3-15H,2,16-17H2,1H3,(H,28,30,31). The molecule has 4 aromatic rings. The van der Waals surface area contributed by atoms with E-state index in [9.17, 15) is 14.4 Å². The predicted octanol–water partition coefficient (Wildman–Crippen LogP) is 3.93. The first-order valence-corrected chi connectivity index (χ1v) is 11.6. The Labute approximate surface area is 195 Å². The van der Waals surface area contributed by atoms with Crippen LogP contribution in [-0.2, 0) is 22.4 Å². The van der Waals surface area contributed by atoms with E-state index in [0.717, 1.165) is 29.3 Å². The summed E-state index contributed by atoms with van der Waals surface area (Å²) in [6.45, 7) is 2.07. The molecule has 0 radical (unpaired) electrons. The number of benzene rings is 3. The fourth-order valence-electron chi connectivity index (χ4n) is 3.46. The van der Waals surface area contributed by atoms with Crippen LogP contribution in [0.3, 0.4) is 0 Å². The Hall–Kier alpha value is -3.71. The number of aromatic nitrogens is 2. The van der Waals surface area contributed by atoms with Crippen molar-refractivity contribution in [3.63, 3.8) is 0 Å². The molecule has 0 unspecified atom stereocenters. The third-order valence-corrected chi connectivity index (χ3v) is 6.11. The van der Waals surface area contributed by atoms with Crippen molar-refractivity contribution in [2.45, 2.75) is 24.9 Å². The summed E-state index contributed by atoms with van der Waals surface area (Å²) in [5, 5.41) is 3.31. The van der Waals surface area contributed by atoms with Crippen LogP contribution < -0.4 is 10.9 Å². The molecule has 0 aliphatic rings. The fourth-order valence-corrected chi connectivity index (χ4v) is 4.28. The van der Waals surface area contributed by atoms with E-state index in [-0.39, 0.29) is 23.6 Å². The lowest BCUT2D eigenvalue weighted by atomic mass is 10.1. The van der Waals surface area contributed by atoms with Crippen molar-refractivity contribution in [1.29, 1.82) is 0 Å². The Bertz CT molecular complexity index is 1350. The molecule has 6 nitrogen and oxygen atoms in total. The molecule has 2 amide bonds. The molecule has 0 saturated heterocycles. The Morgan fingerprint density at radius 2 is 1.58 bits per heavy atom. The van der Waals surface area contributed by atoms with Gasteiger partial charge in [0.05, 0.1) is 28.8 Å². The minimum Gasteiger partial charge on any atom is -0.295 e. The first-order valence-electron chi connectivity index (χ1n) is 10.7. The first kappa shape index (κ1) is 22.5. The zero-order valence-corrected chi connectivity index (χ0v) is 19.0. The van der Waals surface area contributed by atoms with Crippen LogP contribution in [0, 0.1) is 0 Å². The van der Waals surface area contributed by atoms with Crippen LogP contribution in [0.15, 0.2) is 88.8 Å². The number of carbonyl (C=O) groups is 2. The lowest BCUT2D eigenvalue weighted by molar-refractivity contribution is -0.128. The van der Waals surface area contributed by atoms with Gasteiger partial charge in [0, 0.05) is 0 Å². The van der Waals surface area contributed by atoms with E-state index in [1.165, 1.54) is 4.57 Å². The van der Waals surface area contributed by atoms with Gasteiger partial charge in [-0.2, -0.15) is 0 Å². The molecule has 1 aromatic heterocycles. The first-order chi connectivity index (χ1) is 16.0. The number of fused-ring (bicyclic) bond motifs is 1. The van der Waals surface area contributed by atoms with E-state index in [2.05, 4.69) is 17.2 Å². The molecule has 33 heavy (non-hydrogen) atoms. The summed E-state index contributed by atoms with van der Waals surface area (Å²) in [5.41, 5.74) is 3.03. The number of imide groups is 1. The van der Waals surface area contributed by atoms with Gasteiger partial charge in [0.1, 0.15) is 0 Å². The summed E-state index contributed by atoms with van der Waals surface area (Å²) in [5.74, 6) is -0.847. The molecular formula is C26H23N3O3S. The van der Waals surface area contributed by atoms with E-state index < -0.39 is 5.91 Å². The van der Waals surface area contributed by atoms with E-state index in [4.69, 9.17) is 0 Å². The van der Waals surface area contributed by atoms with Crippen molar-refractivity contribution < 1.29 is 9.59 Å². The van der Waals surface area contributed by atoms with Crippen molar-refractivity contribution in [3.8, 4) is 5.69 Å². The van der Waals surface area contributed by atoms with Crippen LogP contribution in [0.1, 0.15) is 18.1 Å². The number of rotatable bonds is 7. The Morgan fingerprint density at radius 1 is 0.879 bits per heavy atom. The van der Waals surface area contributed by atoms with Crippen LogP contribution in [0.4, 0.5) is 0 Å². The number of aryl methyl sites for hydroxylation is 1. The van der Waals surface area contributed by atoms with E-state index in [1.807, 2.05) is 60.7 Å². The monoisotopic (exact) mass is 457 g/mol. The molecule has 3 aromatic carbocycles.